The molecule has 0 unspecified atom stereocenters. The van der Waals surface area contributed by atoms with E-state index in [1.54, 1.807) is 25.1 Å². The Bertz CT molecular complexity index is 768. The highest BCUT2D eigenvalue weighted by Gasteiger charge is 2.09. The maximum Gasteiger partial charge on any atom is 0.411 e. The molecule has 2 amide bonds. The second kappa shape index (κ2) is 8.62. The summed E-state index contributed by atoms with van der Waals surface area (Å²) in [7, 11) is 0. The third kappa shape index (κ3) is 5.76. The normalized spacial score (nSPS) is 10.0. The zero-order valence-electron chi connectivity index (χ0n) is 13.3. The van der Waals surface area contributed by atoms with E-state index in [-0.39, 0.29) is 18.9 Å². The first-order valence-corrected chi connectivity index (χ1v) is 7.39. The number of benzene rings is 2. The van der Waals surface area contributed by atoms with Gasteiger partial charge in [-0.05, 0) is 31.2 Å². The highest BCUT2D eigenvalue weighted by atomic mass is 19.1. The molecule has 0 aliphatic heterocycles. The van der Waals surface area contributed by atoms with Crippen LogP contribution in [0.2, 0.25) is 0 Å². The Morgan fingerprint density at radius 2 is 1.88 bits per heavy atom. The predicted octanol–water partition coefficient (Wildman–Crippen LogP) is 3.55. The summed E-state index contributed by atoms with van der Waals surface area (Å²) in [6, 6.07) is 9.15. The number of carbonyl (C=O) groups is 2. The van der Waals surface area contributed by atoms with E-state index >= 15 is 0 Å². The zero-order valence-corrected chi connectivity index (χ0v) is 13.3. The summed E-state index contributed by atoms with van der Waals surface area (Å²) in [5, 5.41) is 4.77. The minimum Gasteiger partial charge on any atom is -0.484 e. The Balaban J connectivity index is 1.90. The Kier molecular flexibility index (Phi) is 6.27. The van der Waals surface area contributed by atoms with Crippen LogP contribution in [0.4, 0.5) is 25.0 Å². The first kappa shape index (κ1) is 18.2. The van der Waals surface area contributed by atoms with Crippen LogP contribution in [0.3, 0.4) is 0 Å². The average Bonchev–Trinajstić information content (AvgIpc) is 2.56. The summed E-state index contributed by atoms with van der Waals surface area (Å²) < 4.78 is 36.3. The number of halogens is 2. The molecule has 0 aliphatic rings. The lowest BCUT2D eigenvalue weighted by Crippen LogP contribution is -2.21. The molecule has 8 heteroatoms. The SMILES string of the molecule is CCOC(=O)Nc1cccc(OCC(=O)Nc2ccc(F)cc2F)c1. The molecule has 25 heavy (non-hydrogen) atoms. The topological polar surface area (TPSA) is 76.7 Å². The largest absolute Gasteiger partial charge is 0.484 e. The minimum atomic E-state index is -0.881. The van der Waals surface area contributed by atoms with Crippen LogP contribution in [0, 0.1) is 11.6 Å². The third-order valence-electron chi connectivity index (χ3n) is 2.93. The van der Waals surface area contributed by atoms with Crippen LogP contribution >= 0.6 is 0 Å². The molecule has 0 aromatic heterocycles. The van der Waals surface area contributed by atoms with E-state index in [2.05, 4.69) is 10.6 Å². The number of anilines is 2. The molecule has 0 heterocycles. The number of amides is 2. The van der Waals surface area contributed by atoms with Gasteiger partial charge in [-0.3, -0.25) is 10.1 Å². The van der Waals surface area contributed by atoms with E-state index in [1.807, 2.05) is 0 Å². The van der Waals surface area contributed by atoms with E-state index in [4.69, 9.17) is 9.47 Å². The van der Waals surface area contributed by atoms with Crippen LogP contribution in [0.1, 0.15) is 6.92 Å². The van der Waals surface area contributed by atoms with E-state index in [9.17, 15) is 18.4 Å². The number of rotatable bonds is 6. The summed E-state index contributed by atoms with van der Waals surface area (Å²) in [5.74, 6) is -1.91. The lowest BCUT2D eigenvalue weighted by molar-refractivity contribution is -0.118. The summed E-state index contributed by atoms with van der Waals surface area (Å²) in [4.78, 5) is 23.1. The molecular weight excluding hydrogens is 334 g/mol. The molecule has 0 saturated heterocycles. The van der Waals surface area contributed by atoms with Crippen molar-refractivity contribution in [1.29, 1.82) is 0 Å². The van der Waals surface area contributed by atoms with Crippen molar-refractivity contribution in [3.63, 3.8) is 0 Å². The third-order valence-corrected chi connectivity index (χ3v) is 2.93. The van der Waals surface area contributed by atoms with Crippen molar-refractivity contribution in [2.45, 2.75) is 6.92 Å². The van der Waals surface area contributed by atoms with Gasteiger partial charge in [0.05, 0.1) is 12.3 Å². The smallest absolute Gasteiger partial charge is 0.411 e. The number of hydrogen-bond donors (Lipinski definition) is 2. The van der Waals surface area contributed by atoms with Gasteiger partial charge >= 0.3 is 6.09 Å². The predicted molar refractivity (Wildman–Crippen MR) is 87.6 cm³/mol. The van der Waals surface area contributed by atoms with E-state index in [0.29, 0.717) is 17.5 Å². The molecule has 2 aromatic rings. The van der Waals surface area contributed by atoms with Crippen LogP contribution < -0.4 is 15.4 Å². The number of ether oxygens (including phenoxy) is 2. The van der Waals surface area contributed by atoms with Crippen LogP contribution in [0.15, 0.2) is 42.5 Å². The Morgan fingerprint density at radius 3 is 2.60 bits per heavy atom. The molecule has 132 valence electrons. The molecule has 0 aliphatic carbocycles. The Hall–Kier alpha value is -3.16. The summed E-state index contributed by atoms with van der Waals surface area (Å²) in [5.41, 5.74) is 0.286. The second-order valence-electron chi connectivity index (χ2n) is 4.83. The van der Waals surface area contributed by atoms with Crippen molar-refractivity contribution >= 4 is 23.4 Å². The molecule has 2 aromatic carbocycles. The molecule has 0 radical (unpaired) electrons. The summed E-state index contributed by atoms with van der Waals surface area (Å²) in [6.45, 7) is 1.53. The van der Waals surface area contributed by atoms with E-state index < -0.39 is 23.6 Å². The van der Waals surface area contributed by atoms with Crippen LogP contribution in [0.5, 0.6) is 5.75 Å². The maximum absolute atomic E-state index is 13.5. The number of nitrogens with one attached hydrogen (secondary N) is 2. The van der Waals surface area contributed by atoms with Crippen molar-refractivity contribution in [2.24, 2.45) is 0 Å². The molecule has 0 atom stereocenters. The Morgan fingerprint density at radius 1 is 1.08 bits per heavy atom. The molecule has 0 bridgehead atoms. The van der Waals surface area contributed by atoms with Crippen molar-refractivity contribution in [2.75, 3.05) is 23.8 Å². The molecule has 6 nitrogen and oxygen atoms in total. The second-order valence-corrected chi connectivity index (χ2v) is 4.83. The van der Waals surface area contributed by atoms with Gasteiger partial charge in [-0.25, -0.2) is 13.6 Å². The van der Waals surface area contributed by atoms with Gasteiger partial charge in [0.25, 0.3) is 5.91 Å². The van der Waals surface area contributed by atoms with Crippen LogP contribution in [-0.4, -0.2) is 25.2 Å². The first-order chi connectivity index (χ1) is 12.0. The summed E-state index contributed by atoms with van der Waals surface area (Å²) in [6.07, 6.45) is -0.607. The van der Waals surface area contributed by atoms with Gasteiger partial charge in [-0.2, -0.15) is 0 Å². The van der Waals surface area contributed by atoms with Gasteiger partial charge in [-0.15, -0.1) is 0 Å². The fourth-order valence-electron chi connectivity index (χ4n) is 1.87. The van der Waals surface area contributed by atoms with Gasteiger partial charge < -0.3 is 14.8 Å². The van der Waals surface area contributed by atoms with Gasteiger partial charge in [0.2, 0.25) is 0 Å². The fourth-order valence-corrected chi connectivity index (χ4v) is 1.87. The maximum atomic E-state index is 13.5. The fraction of sp³-hybridized carbons (Fsp3) is 0.176. The van der Waals surface area contributed by atoms with E-state index in [0.717, 1.165) is 12.1 Å². The molecule has 0 saturated carbocycles. The van der Waals surface area contributed by atoms with Crippen molar-refractivity contribution in [3.8, 4) is 5.75 Å². The van der Waals surface area contributed by atoms with Gasteiger partial charge in [0, 0.05) is 17.8 Å². The molecule has 0 spiro atoms. The minimum absolute atomic E-state index is 0.146. The highest BCUT2D eigenvalue weighted by molar-refractivity contribution is 5.92. The van der Waals surface area contributed by atoms with Crippen molar-refractivity contribution in [3.05, 3.63) is 54.1 Å². The lowest BCUT2D eigenvalue weighted by atomic mass is 10.3. The Labute approximate surface area is 142 Å². The number of hydrogen-bond acceptors (Lipinski definition) is 4. The molecular formula is C17H16F2N2O4. The monoisotopic (exact) mass is 350 g/mol. The lowest BCUT2D eigenvalue weighted by Gasteiger charge is -2.10. The van der Waals surface area contributed by atoms with Crippen LogP contribution in [0.25, 0.3) is 0 Å². The molecule has 0 fully saturated rings. The molecule has 2 rings (SSSR count). The van der Waals surface area contributed by atoms with Gasteiger partial charge in [0.1, 0.15) is 17.4 Å². The van der Waals surface area contributed by atoms with Gasteiger partial charge in [0.15, 0.2) is 6.61 Å². The quantitative estimate of drug-likeness (QED) is 0.835. The standard InChI is InChI=1S/C17H16F2N2O4/c1-2-24-17(23)20-12-4-3-5-13(9-12)25-10-16(22)21-15-7-6-11(18)8-14(15)19/h3-9H,2,10H2,1H3,(H,20,23)(H,21,22). The van der Waals surface area contributed by atoms with Crippen molar-refractivity contribution < 1.29 is 27.8 Å². The summed E-state index contributed by atoms with van der Waals surface area (Å²) >= 11 is 0. The highest BCUT2D eigenvalue weighted by Crippen LogP contribution is 2.18. The van der Waals surface area contributed by atoms with E-state index in [1.165, 1.54) is 6.07 Å². The van der Waals surface area contributed by atoms with Crippen molar-refractivity contribution in [1.82, 2.24) is 0 Å². The first-order valence-electron chi connectivity index (χ1n) is 7.39. The average molecular weight is 350 g/mol. The van der Waals surface area contributed by atoms with Crippen LogP contribution in [-0.2, 0) is 9.53 Å². The van der Waals surface area contributed by atoms with Gasteiger partial charge in [-0.1, -0.05) is 6.07 Å². The zero-order chi connectivity index (χ0) is 18.2. The number of carbonyl (C=O) groups excluding carboxylic acids is 2. The molecule has 2 N–H and O–H groups in total.